The van der Waals surface area contributed by atoms with Crippen LogP contribution in [-0.4, -0.2) is 34.9 Å². The largest absolute Gasteiger partial charge is 0.508 e. The van der Waals surface area contributed by atoms with Gasteiger partial charge in [-0.15, -0.1) is 0 Å². The van der Waals surface area contributed by atoms with Crippen LogP contribution in [0.25, 0.3) is 0 Å². The van der Waals surface area contributed by atoms with E-state index in [1.165, 1.54) is 6.07 Å². The summed E-state index contributed by atoms with van der Waals surface area (Å²) in [4.78, 5) is 25.4. The number of hydrogen-bond acceptors (Lipinski definition) is 3. The van der Waals surface area contributed by atoms with Gasteiger partial charge in [-0.1, -0.05) is 0 Å². The van der Waals surface area contributed by atoms with E-state index in [1.807, 2.05) is 0 Å². The summed E-state index contributed by atoms with van der Waals surface area (Å²) in [6.45, 7) is 3.07. The number of rotatable bonds is 1. The summed E-state index contributed by atoms with van der Waals surface area (Å²) in [5.74, 6) is -0.958. The van der Waals surface area contributed by atoms with Gasteiger partial charge in [0.15, 0.2) is 0 Å². The minimum Gasteiger partial charge on any atom is -0.508 e. The number of anilines is 1. The van der Waals surface area contributed by atoms with E-state index in [2.05, 4.69) is 5.32 Å². The number of likely N-dealkylation sites (tertiary alicyclic amines) is 1. The predicted octanol–water partition coefficient (Wildman–Crippen LogP) is 1.65. The molecule has 0 aromatic heterocycles. The second-order valence-electron chi connectivity index (χ2n) is 4.81. The topological polar surface area (TPSA) is 69.6 Å². The van der Waals surface area contributed by atoms with Crippen molar-refractivity contribution < 1.29 is 14.7 Å². The molecule has 2 amide bonds. The van der Waals surface area contributed by atoms with Crippen molar-refractivity contribution in [1.82, 2.24) is 4.90 Å². The molecule has 1 saturated heterocycles. The fourth-order valence-corrected chi connectivity index (χ4v) is 2.20. The Hall–Kier alpha value is -2.04. The minimum absolute atomic E-state index is 0.137. The third kappa shape index (κ3) is 3.24. The monoisotopic (exact) mass is 262 g/mol. The summed E-state index contributed by atoms with van der Waals surface area (Å²) in [5.41, 5.74) is 1.27. The Morgan fingerprint density at radius 2 is 1.89 bits per heavy atom. The molecule has 0 saturated carbocycles. The molecular weight excluding hydrogens is 244 g/mol. The first-order valence-corrected chi connectivity index (χ1v) is 6.48. The van der Waals surface area contributed by atoms with E-state index in [4.69, 9.17) is 0 Å². The summed E-state index contributed by atoms with van der Waals surface area (Å²) in [6.07, 6.45) is 3.02. The highest BCUT2D eigenvalue weighted by Crippen LogP contribution is 2.20. The molecule has 5 heteroatoms. The Bertz CT molecular complexity index is 493. The Kier molecular flexibility index (Phi) is 4.04. The standard InChI is InChI=1S/C14H18N2O3/c1-10-9-11(17)5-6-12(10)15-13(18)14(19)16-7-3-2-4-8-16/h5-6,9,17H,2-4,7-8H2,1H3,(H,15,18). The summed E-state index contributed by atoms with van der Waals surface area (Å²) in [6, 6.07) is 4.61. The zero-order valence-electron chi connectivity index (χ0n) is 11.0. The zero-order chi connectivity index (χ0) is 13.8. The highest BCUT2D eigenvalue weighted by atomic mass is 16.3. The Morgan fingerprint density at radius 1 is 1.21 bits per heavy atom. The number of amides is 2. The molecule has 0 unspecified atom stereocenters. The van der Waals surface area contributed by atoms with Gasteiger partial charge >= 0.3 is 11.8 Å². The first-order valence-electron chi connectivity index (χ1n) is 6.48. The molecule has 19 heavy (non-hydrogen) atoms. The van der Waals surface area contributed by atoms with Crippen LogP contribution in [0.1, 0.15) is 24.8 Å². The zero-order valence-corrected chi connectivity index (χ0v) is 11.0. The van der Waals surface area contributed by atoms with E-state index < -0.39 is 11.8 Å². The van der Waals surface area contributed by atoms with Crippen molar-refractivity contribution >= 4 is 17.5 Å². The minimum atomic E-state index is -0.615. The van der Waals surface area contributed by atoms with E-state index in [0.717, 1.165) is 24.8 Å². The first kappa shape index (κ1) is 13.4. The molecule has 1 aromatic carbocycles. The third-order valence-electron chi connectivity index (χ3n) is 3.30. The molecule has 102 valence electrons. The number of nitrogens with one attached hydrogen (secondary N) is 1. The SMILES string of the molecule is Cc1cc(O)ccc1NC(=O)C(=O)N1CCCCC1. The fourth-order valence-electron chi connectivity index (χ4n) is 2.20. The summed E-state index contributed by atoms with van der Waals surface area (Å²) in [5, 5.41) is 11.9. The molecule has 0 spiro atoms. The fraction of sp³-hybridized carbons (Fsp3) is 0.429. The van der Waals surface area contributed by atoms with Crippen LogP contribution < -0.4 is 5.32 Å². The maximum Gasteiger partial charge on any atom is 0.313 e. The molecule has 0 aliphatic carbocycles. The number of piperidine rings is 1. The number of aryl methyl sites for hydroxylation is 1. The van der Waals surface area contributed by atoms with E-state index in [1.54, 1.807) is 24.0 Å². The van der Waals surface area contributed by atoms with Gasteiger partial charge in [-0.25, -0.2) is 0 Å². The molecule has 0 radical (unpaired) electrons. The molecule has 1 fully saturated rings. The number of benzene rings is 1. The van der Waals surface area contributed by atoms with Crippen molar-refractivity contribution in [2.75, 3.05) is 18.4 Å². The van der Waals surface area contributed by atoms with Crippen LogP contribution in [0, 0.1) is 6.92 Å². The van der Waals surface area contributed by atoms with E-state index in [0.29, 0.717) is 18.8 Å². The number of aromatic hydroxyl groups is 1. The summed E-state index contributed by atoms with van der Waals surface area (Å²) in [7, 11) is 0. The van der Waals surface area contributed by atoms with Crippen molar-refractivity contribution in [2.45, 2.75) is 26.2 Å². The van der Waals surface area contributed by atoms with Crippen molar-refractivity contribution in [3.63, 3.8) is 0 Å². The number of phenolic OH excluding ortho intramolecular Hbond substituents is 1. The van der Waals surface area contributed by atoms with Crippen LogP contribution in [0.5, 0.6) is 5.75 Å². The number of nitrogens with zero attached hydrogens (tertiary/aromatic N) is 1. The summed E-state index contributed by atoms with van der Waals surface area (Å²) < 4.78 is 0. The van der Waals surface area contributed by atoms with Crippen LogP contribution in [0.4, 0.5) is 5.69 Å². The van der Waals surface area contributed by atoms with E-state index >= 15 is 0 Å². The van der Waals surface area contributed by atoms with Crippen LogP contribution in [0.2, 0.25) is 0 Å². The lowest BCUT2D eigenvalue weighted by Crippen LogP contribution is -2.42. The second kappa shape index (κ2) is 5.73. The van der Waals surface area contributed by atoms with Crippen LogP contribution in [0.15, 0.2) is 18.2 Å². The Morgan fingerprint density at radius 3 is 2.53 bits per heavy atom. The van der Waals surface area contributed by atoms with Gasteiger partial charge in [0.25, 0.3) is 0 Å². The average molecular weight is 262 g/mol. The highest BCUT2D eigenvalue weighted by Gasteiger charge is 2.23. The molecule has 1 heterocycles. The summed E-state index contributed by atoms with van der Waals surface area (Å²) >= 11 is 0. The molecule has 2 rings (SSSR count). The van der Waals surface area contributed by atoms with Gasteiger partial charge in [0.1, 0.15) is 5.75 Å². The number of carbonyl (C=O) groups excluding carboxylic acids is 2. The van der Waals surface area contributed by atoms with Crippen LogP contribution in [0.3, 0.4) is 0 Å². The Labute approximate surface area is 112 Å². The van der Waals surface area contributed by atoms with Gasteiger partial charge in [-0.3, -0.25) is 9.59 Å². The number of hydrogen-bond donors (Lipinski definition) is 2. The second-order valence-corrected chi connectivity index (χ2v) is 4.81. The predicted molar refractivity (Wildman–Crippen MR) is 71.9 cm³/mol. The van der Waals surface area contributed by atoms with E-state index in [9.17, 15) is 14.7 Å². The van der Waals surface area contributed by atoms with Crippen LogP contribution >= 0.6 is 0 Å². The molecule has 0 atom stereocenters. The lowest BCUT2D eigenvalue weighted by atomic mass is 10.1. The van der Waals surface area contributed by atoms with Crippen molar-refractivity contribution in [2.24, 2.45) is 0 Å². The van der Waals surface area contributed by atoms with Crippen molar-refractivity contribution in [1.29, 1.82) is 0 Å². The molecule has 2 N–H and O–H groups in total. The van der Waals surface area contributed by atoms with E-state index in [-0.39, 0.29) is 5.75 Å². The van der Waals surface area contributed by atoms with Gasteiger partial charge in [0.05, 0.1) is 0 Å². The first-order chi connectivity index (χ1) is 9.08. The smallest absolute Gasteiger partial charge is 0.313 e. The Balaban J connectivity index is 2.01. The molecule has 5 nitrogen and oxygen atoms in total. The van der Waals surface area contributed by atoms with Crippen molar-refractivity contribution in [3.8, 4) is 5.75 Å². The average Bonchev–Trinajstić information content (AvgIpc) is 2.42. The van der Waals surface area contributed by atoms with Gasteiger partial charge in [0, 0.05) is 18.8 Å². The molecular formula is C14H18N2O3. The molecule has 1 aromatic rings. The lowest BCUT2D eigenvalue weighted by Gasteiger charge is -2.26. The van der Waals surface area contributed by atoms with Crippen LogP contribution in [-0.2, 0) is 9.59 Å². The lowest BCUT2D eigenvalue weighted by molar-refractivity contribution is -0.143. The maximum atomic E-state index is 11.9. The number of carbonyl (C=O) groups is 2. The molecule has 1 aliphatic rings. The highest BCUT2D eigenvalue weighted by molar-refractivity contribution is 6.39. The molecule has 1 aliphatic heterocycles. The van der Waals surface area contributed by atoms with Gasteiger partial charge in [0.2, 0.25) is 0 Å². The van der Waals surface area contributed by atoms with Gasteiger partial charge in [-0.05, 0) is 49.9 Å². The van der Waals surface area contributed by atoms with Crippen molar-refractivity contribution in [3.05, 3.63) is 23.8 Å². The quantitative estimate of drug-likeness (QED) is 0.597. The van der Waals surface area contributed by atoms with Gasteiger partial charge < -0.3 is 15.3 Å². The normalized spacial score (nSPS) is 15.1. The molecule has 0 bridgehead atoms. The number of phenols is 1. The third-order valence-corrected chi connectivity index (χ3v) is 3.30. The van der Waals surface area contributed by atoms with Gasteiger partial charge in [-0.2, -0.15) is 0 Å². The maximum absolute atomic E-state index is 11.9.